The van der Waals surface area contributed by atoms with Gasteiger partial charge in [0, 0.05) is 6.54 Å². The van der Waals surface area contributed by atoms with E-state index in [1.165, 1.54) is 31.4 Å². The summed E-state index contributed by atoms with van der Waals surface area (Å²) < 4.78 is 33.0. The predicted molar refractivity (Wildman–Crippen MR) is 104 cm³/mol. The summed E-state index contributed by atoms with van der Waals surface area (Å²) in [5.74, 6) is -0.0529. The third-order valence-electron chi connectivity index (χ3n) is 4.86. The summed E-state index contributed by atoms with van der Waals surface area (Å²) in [6.45, 7) is 0.599. The predicted octanol–water partition coefficient (Wildman–Crippen LogP) is 3.90. The first-order chi connectivity index (χ1) is 13.0. The maximum absolute atomic E-state index is 12.5. The van der Waals surface area contributed by atoms with Crippen molar-refractivity contribution in [2.45, 2.75) is 43.5 Å². The highest BCUT2D eigenvalue weighted by Gasteiger charge is 2.19. The minimum atomic E-state index is -3.71. The molecule has 3 rings (SSSR count). The van der Waals surface area contributed by atoms with Crippen molar-refractivity contribution in [2.24, 2.45) is 5.92 Å². The lowest BCUT2D eigenvalue weighted by Crippen LogP contribution is -2.23. The fourth-order valence-electron chi connectivity index (χ4n) is 3.28. The summed E-state index contributed by atoms with van der Waals surface area (Å²) in [6.07, 6.45) is 5.79. The van der Waals surface area contributed by atoms with Crippen LogP contribution in [0.4, 0.5) is 0 Å². The lowest BCUT2D eigenvalue weighted by Gasteiger charge is -2.21. The third kappa shape index (κ3) is 5.65. The minimum absolute atomic E-state index is 0.0607. The van der Waals surface area contributed by atoms with E-state index < -0.39 is 16.0 Å². The van der Waals surface area contributed by atoms with Crippen molar-refractivity contribution in [2.75, 3.05) is 6.61 Å². The summed E-state index contributed by atoms with van der Waals surface area (Å²) in [5, 5.41) is 0. The Morgan fingerprint density at radius 1 is 1.00 bits per heavy atom. The van der Waals surface area contributed by atoms with Gasteiger partial charge in [-0.1, -0.05) is 55.7 Å². The van der Waals surface area contributed by atoms with E-state index in [9.17, 15) is 13.2 Å². The van der Waals surface area contributed by atoms with Gasteiger partial charge in [-0.25, -0.2) is 17.9 Å². The quantitative estimate of drug-likeness (QED) is 0.731. The van der Waals surface area contributed by atoms with Crippen molar-refractivity contribution in [1.29, 1.82) is 0 Å². The van der Waals surface area contributed by atoms with Gasteiger partial charge in [0.05, 0.1) is 17.1 Å². The lowest BCUT2D eigenvalue weighted by molar-refractivity contribution is 0.0410. The Morgan fingerprint density at radius 3 is 2.48 bits per heavy atom. The molecule has 144 valence electrons. The molecule has 1 saturated carbocycles. The van der Waals surface area contributed by atoms with E-state index in [-0.39, 0.29) is 17.0 Å². The van der Waals surface area contributed by atoms with E-state index in [0.717, 1.165) is 18.4 Å². The highest BCUT2D eigenvalue weighted by atomic mass is 32.2. The summed E-state index contributed by atoms with van der Waals surface area (Å²) in [5.41, 5.74) is 1.12. The molecule has 0 saturated heterocycles. The standard InChI is InChI=1S/C21H25NO4S/c23-21(26-16-18-10-5-2-6-11-18)19-12-7-13-20(14-19)27(24,25)22-15-17-8-3-1-4-9-17/h1,3-4,7-9,12-14,18,22H,2,5-6,10-11,15-16H2. The van der Waals surface area contributed by atoms with E-state index in [2.05, 4.69) is 4.72 Å². The number of esters is 1. The average molecular weight is 388 g/mol. The van der Waals surface area contributed by atoms with Gasteiger partial charge >= 0.3 is 5.97 Å². The van der Waals surface area contributed by atoms with Crippen LogP contribution in [0.3, 0.4) is 0 Å². The third-order valence-corrected chi connectivity index (χ3v) is 6.26. The van der Waals surface area contributed by atoms with E-state index in [4.69, 9.17) is 4.74 Å². The van der Waals surface area contributed by atoms with Gasteiger partial charge < -0.3 is 4.74 Å². The fourth-order valence-corrected chi connectivity index (χ4v) is 4.34. The molecule has 0 aliphatic heterocycles. The van der Waals surface area contributed by atoms with Gasteiger partial charge in [-0.15, -0.1) is 0 Å². The van der Waals surface area contributed by atoms with Crippen LogP contribution in [-0.4, -0.2) is 21.0 Å². The monoisotopic (exact) mass is 387 g/mol. The van der Waals surface area contributed by atoms with Gasteiger partial charge in [-0.2, -0.15) is 0 Å². The SMILES string of the molecule is O=C(OCC1CCCCC1)c1cccc(S(=O)(=O)NCc2ccccc2)c1. The first-order valence-electron chi connectivity index (χ1n) is 9.35. The number of hydrogen-bond donors (Lipinski definition) is 1. The Morgan fingerprint density at radius 2 is 1.74 bits per heavy atom. The van der Waals surface area contributed by atoms with E-state index in [1.54, 1.807) is 12.1 Å². The number of rotatable bonds is 7. The zero-order valence-electron chi connectivity index (χ0n) is 15.3. The van der Waals surface area contributed by atoms with Crippen LogP contribution in [0.1, 0.15) is 48.0 Å². The average Bonchev–Trinajstić information content (AvgIpc) is 2.72. The number of nitrogens with one attached hydrogen (secondary N) is 1. The number of carbonyl (C=O) groups is 1. The molecule has 1 N–H and O–H groups in total. The van der Waals surface area contributed by atoms with Crippen molar-refractivity contribution >= 4 is 16.0 Å². The molecule has 6 heteroatoms. The number of ether oxygens (including phenoxy) is 1. The van der Waals surface area contributed by atoms with Crippen molar-refractivity contribution in [3.63, 3.8) is 0 Å². The second-order valence-corrected chi connectivity index (χ2v) is 8.71. The molecule has 0 amide bonds. The maximum Gasteiger partial charge on any atom is 0.338 e. The van der Waals surface area contributed by atoms with Gasteiger partial charge in [0.15, 0.2) is 0 Å². The Kier molecular flexibility index (Phi) is 6.63. The van der Waals surface area contributed by atoms with Crippen molar-refractivity contribution in [3.8, 4) is 0 Å². The summed E-state index contributed by atoms with van der Waals surface area (Å²) >= 11 is 0. The van der Waals surface area contributed by atoms with Gasteiger partial charge in [-0.05, 0) is 42.5 Å². The molecular weight excluding hydrogens is 362 g/mol. The number of sulfonamides is 1. The summed E-state index contributed by atoms with van der Waals surface area (Å²) in [6, 6.07) is 15.3. The van der Waals surface area contributed by atoms with Crippen LogP contribution in [0, 0.1) is 5.92 Å². The van der Waals surface area contributed by atoms with Gasteiger partial charge in [0.2, 0.25) is 10.0 Å². The minimum Gasteiger partial charge on any atom is -0.462 e. The number of hydrogen-bond acceptors (Lipinski definition) is 4. The molecule has 0 spiro atoms. The first kappa shape index (κ1) is 19.6. The zero-order valence-corrected chi connectivity index (χ0v) is 16.1. The van der Waals surface area contributed by atoms with Crippen LogP contribution in [0.2, 0.25) is 0 Å². The van der Waals surface area contributed by atoms with Gasteiger partial charge in [-0.3, -0.25) is 0 Å². The molecule has 2 aromatic carbocycles. The molecule has 1 fully saturated rings. The van der Waals surface area contributed by atoms with Crippen molar-refractivity contribution in [1.82, 2.24) is 4.72 Å². The van der Waals surface area contributed by atoms with Crippen LogP contribution < -0.4 is 4.72 Å². The van der Waals surface area contributed by atoms with E-state index >= 15 is 0 Å². The van der Waals surface area contributed by atoms with Gasteiger partial charge in [0.1, 0.15) is 0 Å². The largest absolute Gasteiger partial charge is 0.462 e. The van der Waals surface area contributed by atoms with Crippen molar-refractivity contribution in [3.05, 3.63) is 65.7 Å². The summed E-state index contributed by atoms with van der Waals surface area (Å²) in [7, 11) is -3.71. The Labute approximate surface area is 160 Å². The van der Waals surface area contributed by atoms with Crippen LogP contribution in [0.25, 0.3) is 0 Å². The smallest absolute Gasteiger partial charge is 0.338 e. The fraction of sp³-hybridized carbons (Fsp3) is 0.381. The lowest BCUT2D eigenvalue weighted by atomic mass is 9.90. The first-order valence-corrected chi connectivity index (χ1v) is 10.8. The second-order valence-electron chi connectivity index (χ2n) is 6.94. The molecule has 27 heavy (non-hydrogen) atoms. The van der Waals surface area contributed by atoms with Crippen LogP contribution in [-0.2, 0) is 21.3 Å². The second kappa shape index (κ2) is 9.15. The Hall–Kier alpha value is -2.18. The Balaban J connectivity index is 1.62. The molecule has 0 radical (unpaired) electrons. The molecule has 1 aliphatic carbocycles. The molecule has 0 bridgehead atoms. The van der Waals surface area contributed by atoms with Crippen molar-refractivity contribution < 1.29 is 17.9 Å². The zero-order chi connectivity index (χ0) is 19.1. The molecular formula is C21H25NO4S. The molecule has 2 aromatic rings. The molecule has 1 aliphatic rings. The van der Waals surface area contributed by atoms with Gasteiger partial charge in [0.25, 0.3) is 0 Å². The molecule has 0 atom stereocenters. The van der Waals surface area contributed by atoms with E-state index in [1.807, 2.05) is 30.3 Å². The van der Waals surface area contributed by atoms with Crippen LogP contribution in [0.15, 0.2) is 59.5 Å². The number of benzene rings is 2. The molecule has 5 nitrogen and oxygen atoms in total. The van der Waals surface area contributed by atoms with Crippen LogP contribution in [0.5, 0.6) is 0 Å². The highest BCUT2D eigenvalue weighted by molar-refractivity contribution is 7.89. The molecule has 0 heterocycles. The Bertz CT molecular complexity index is 859. The summed E-state index contributed by atoms with van der Waals surface area (Å²) in [4.78, 5) is 12.4. The topological polar surface area (TPSA) is 72.5 Å². The molecule has 0 unspecified atom stereocenters. The highest BCUT2D eigenvalue weighted by Crippen LogP contribution is 2.24. The number of carbonyl (C=O) groups excluding carboxylic acids is 1. The maximum atomic E-state index is 12.5. The normalized spacial score (nSPS) is 15.4. The van der Waals surface area contributed by atoms with Crippen LogP contribution >= 0.6 is 0 Å². The van der Waals surface area contributed by atoms with E-state index in [0.29, 0.717) is 12.5 Å². The molecule has 0 aromatic heterocycles.